The molecule has 0 radical (unpaired) electrons. The number of rotatable bonds is 5. The summed E-state index contributed by atoms with van der Waals surface area (Å²) in [6.07, 6.45) is 7.56. The number of carbonyl (C=O) groups excluding carboxylic acids is 2. The molecule has 1 fully saturated rings. The second-order valence-corrected chi connectivity index (χ2v) is 8.65. The van der Waals surface area contributed by atoms with Gasteiger partial charge >= 0.3 is 0 Å². The van der Waals surface area contributed by atoms with Crippen LogP contribution in [0.3, 0.4) is 0 Å². The molecule has 6 nitrogen and oxygen atoms in total. The minimum absolute atomic E-state index is 0.0732. The highest BCUT2D eigenvalue weighted by atomic mass is 16.2. The monoisotopic (exact) mass is 416 g/mol. The molecular weight excluding hydrogens is 388 g/mol. The van der Waals surface area contributed by atoms with Crippen molar-refractivity contribution >= 4 is 28.5 Å². The summed E-state index contributed by atoms with van der Waals surface area (Å²) in [5.74, 6) is 0.160. The standard InChI is InChI=1S/C25H28N4O2/c1-17(30)29(19-8-4-5-9-19)25(2,3)24(31)28-23-16-21(18-12-14-26-15-13-18)20-10-6-7-11-22(20)27-23/h6-7,10-16,19H,4-5,8-9H2,1-3H3,(H,27,28,31). The lowest BCUT2D eigenvalue weighted by molar-refractivity contribution is -0.145. The van der Waals surface area contributed by atoms with Crippen molar-refractivity contribution in [1.29, 1.82) is 0 Å². The van der Waals surface area contributed by atoms with Gasteiger partial charge in [0.2, 0.25) is 5.91 Å². The molecule has 1 saturated carbocycles. The number of hydrogen-bond acceptors (Lipinski definition) is 4. The van der Waals surface area contributed by atoms with Gasteiger partial charge in [-0.1, -0.05) is 31.0 Å². The van der Waals surface area contributed by atoms with Crippen LogP contribution in [0, 0.1) is 0 Å². The third kappa shape index (κ3) is 4.15. The predicted octanol–water partition coefficient (Wildman–Crippen LogP) is 4.81. The lowest BCUT2D eigenvalue weighted by atomic mass is 9.97. The highest BCUT2D eigenvalue weighted by Crippen LogP contribution is 2.32. The van der Waals surface area contributed by atoms with Gasteiger partial charge in [0.15, 0.2) is 0 Å². The first-order valence-electron chi connectivity index (χ1n) is 10.8. The molecule has 0 bridgehead atoms. The number of benzene rings is 1. The molecule has 0 saturated heterocycles. The van der Waals surface area contributed by atoms with Gasteiger partial charge < -0.3 is 10.2 Å². The molecule has 0 atom stereocenters. The molecule has 0 spiro atoms. The van der Waals surface area contributed by atoms with Gasteiger partial charge in [-0.2, -0.15) is 0 Å². The van der Waals surface area contributed by atoms with Crippen LogP contribution in [0.2, 0.25) is 0 Å². The number of carbonyl (C=O) groups is 2. The molecule has 4 rings (SSSR count). The maximum atomic E-state index is 13.4. The number of hydrogen-bond donors (Lipinski definition) is 1. The number of amides is 2. The van der Waals surface area contributed by atoms with E-state index in [2.05, 4.69) is 15.3 Å². The Kier molecular flexibility index (Phi) is 5.72. The fourth-order valence-electron chi connectivity index (χ4n) is 4.66. The van der Waals surface area contributed by atoms with Crippen molar-refractivity contribution in [2.75, 3.05) is 5.32 Å². The first kappa shape index (κ1) is 21.0. The Labute approximate surface area is 182 Å². The Morgan fingerprint density at radius 1 is 1.06 bits per heavy atom. The quantitative estimate of drug-likeness (QED) is 0.648. The minimum Gasteiger partial charge on any atom is -0.326 e. The maximum absolute atomic E-state index is 13.4. The molecule has 0 unspecified atom stereocenters. The van der Waals surface area contributed by atoms with E-state index in [4.69, 9.17) is 0 Å². The number of para-hydroxylation sites is 1. The van der Waals surface area contributed by atoms with Gasteiger partial charge in [0.25, 0.3) is 5.91 Å². The van der Waals surface area contributed by atoms with Gasteiger partial charge in [-0.3, -0.25) is 14.6 Å². The average molecular weight is 417 g/mol. The summed E-state index contributed by atoms with van der Waals surface area (Å²) < 4.78 is 0. The number of pyridine rings is 2. The van der Waals surface area contributed by atoms with Crippen LogP contribution >= 0.6 is 0 Å². The molecule has 160 valence electrons. The molecule has 2 aromatic heterocycles. The van der Waals surface area contributed by atoms with E-state index in [0.29, 0.717) is 5.82 Å². The normalized spacial score (nSPS) is 14.5. The molecule has 3 aromatic rings. The average Bonchev–Trinajstić information content (AvgIpc) is 3.27. The lowest BCUT2D eigenvalue weighted by Gasteiger charge is -2.40. The summed E-state index contributed by atoms with van der Waals surface area (Å²) in [4.78, 5) is 36.4. The van der Waals surface area contributed by atoms with E-state index >= 15 is 0 Å². The summed E-state index contributed by atoms with van der Waals surface area (Å²) >= 11 is 0. The van der Waals surface area contributed by atoms with Crippen LogP contribution in [-0.2, 0) is 9.59 Å². The number of anilines is 1. The maximum Gasteiger partial charge on any atom is 0.250 e. The SMILES string of the molecule is CC(=O)N(C1CCCC1)C(C)(C)C(=O)Nc1cc(-c2ccncc2)c2ccccc2n1. The number of aromatic nitrogens is 2. The van der Waals surface area contributed by atoms with Crippen LogP contribution < -0.4 is 5.32 Å². The minimum atomic E-state index is -0.981. The zero-order valence-electron chi connectivity index (χ0n) is 18.3. The largest absolute Gasteiger partial charge is 0.326 e. The summed E-state index contributed by atoms with van der Waals surface area (Å²) in [6, 6.07) is 13.7. The van der Waals surface area contributed by atoms with Crippen molar-refractivity contribution in [1.82, 2.24) is 14.9 Å². The fraction of sp³-hybridized carbons (Fsp3) is 0.360. The summed E-state index contributed by atoms with van der Waals surface area (Å²) in [6.45, 7) is 5.17. The Morgan fingerprint density at radius 3 is 2.42 bits per heavy atom. The van der Waals surface area contributed by atoms with E-state index in [0.717, 1.165) is 47.7 Å². The van der Waals surface area contributed by atoms with E-state index in [1.807, 2.05) is 56.3 Å². The molecule has 1 aliphatic carbocycles. The number of fused-ring (bicyclic) bond motifs is 1. The predicted molar refractivity (Wildman–Crippen MR) is 122 cm³/mol. The fourth-order valence-corrected chi connectivity index (χ4v) is 4.66. The van der Waals surface area contributed by atoms with Gasteiger partial charge in [0, 0.05) is 30.7 Å². The molecule has 1 aliphatic rings. The van der Waals surface area contributed by atoms with E-state index < -0.39 is 5.54 Å². The number of nitrogens with zero attached hydrogens (tertiary/aromatic N) is 3. The van der Waals surface area contributed by atoms with Gasteiger partial charge in [0.1, 0.15) is 11.4 Å². The van der Waals surface area contributed by atoms with E-state index in [9.17, 15) is 9.59 Å². The zero-order valence-corrected chi connectivity index (χ0v) is 18.3. The van der Waals surface area contributed by atoms with E-state index in [1.54, 1.807) is 24.2 Å². The van der Waals surface area contributed by atoms with Crippen molar-refractivity contribution in [3.63, 3.8) is 0 Å². The van der Waals surface area contributed by atoms with Crippen molar-refractivity contribution in [3.05, 3.63) is 54.9 Å². The van der Waals surface area contributed by atoms with Crippen molar-refractivity contribution in [2.45, 2.75) is 58.0 Å². The first-order chi connectivity index (χ1) is 14.9. The molecule has 31 heavy (non-hydrogen) atoms. The Morgan fingerprint density at radius 2 is 1.74 bits per heavy atom. The molecule has 0 aliphatic heterocycles. The van der Waals surface area contributed by atoms with Crippen molar-refractivity contribution < 1.29 is 9.59 Å². The third-order valence-corrected chi connectivity index (χ3v) is 6.14. The Hall–Kier alpha value is -3.28. The van der Waals surface area contributed by atoms with Crippen LogP contribution in [-0.4, -0.2) is 38.3 Å². The smallest absolute Gasteiger partial charge is 0.250 e. The second kappa shape index (κ2) is 8.46. The van der Waals surface area contributed by atoms with Gasteiger partial charge in [-0.25, -0.2) is 4.98 Å². The molecular formula is C25H28N4O2. The van der Waals surface area contributed by atoms with Crippen LogP contribution in [0.5, 0.6) is 0 Å². The first-order valence-corrected chi connectivity index (χ1v) is 10.8. The van der Waals surface area contributed by atoms with Crippen molar-refractivity contribution in [3.8, 4) is 11.1 Å². The molecule has 1 N–H and O–H groups in total. The van der Waals surface area contributed by atoms with Gasteiger partial charge in [-0.15, -0.1) is 0 Å². The molecule has 2 heterocycles. The third-order valence-electron chi connectivity index (χ3n) is 6.14. The molecule has 6 heteroatoms. The van der Waals surface area contributed by atoms with Crippen LogP contribution in [0.4, 0.5) is 5.82 Å². The van der Waals surface area contributed by atoms with Crippen LogP contribution in [0.1, 0.15) is 46.5 Å². The van der Waals surface area contributed by atoms with Crippen LogP contribution in [0.15, 0.2) is 54.9 Å². The summed E-state index contributed by atoms with van der Waals surface area (Å²) in [5, 5.41) is 3.99. The molecule has 2 amide bonds. The summed E-state index contributed by atoms with van der Waals surface area (Å²) in [7, 11) is 0. The zero-order chi connectivity index (χ0) is 22.0. The topological polar surface area (TPSA) is 75.2 Å². The van der Waals surface area contributed by atoms with E-state index in [1.165, 1.54) is 0 Å². The second-order valence-electron chi connectivity index (χ2n) is 8.65. The molecule has 1 aromatic carbocycles. The number of nitrogens with one attached hydrogen (secondary N) is 1. The van der Waals surface area contributed by atoms with E-state index in [-0.39, 0.29) is 17.9 Å². The highest BCUT2D eigenvalue weighted by molar-refractivity contribution is 6.02. The Balaban J connectivity index is 1.69. The van der Waals surface area contributed by atoms with Crippen LogP contribution in [0.25, 0.3) is 22.0 Å². The Bertz CT molecular complexity index is 1100. The van der Waals surface area contributed by atoms with Crippen molar-refractivity contribution in [2.24, 2.45) is 0 Å². The lowest BCUT2D eigenvalue weighted by Crippen LogP contribution is -2.58. The summed E-state index contributed by atoms with van der Waals surface area (Å²) in [5.41, 5.74) is 1.79. The van der Waals surface area contributed by atoms with Gasteiger partial charge in [-0.05, 0) is 62.1 Å². The van der Waals surface area contributed by atoms with Gasteiger partial charge in [0.05, 0.1) is 5.52 Å². The highest BCUT2D eigenvalue weighted by Gasteiger charge is 2.41.